The van der Waals surface area contributed by atoms with E-state index in [0.29, 0.717) is 24.2 Å². The van der Waals surface area contributed by atoms with Gasteiger partial charge >= 0.3 is 0 Å². The molecule has 1 aliphatic rings. The first-order valence-corrected chi connectivity index (χ1v) is 11.0. The number of methoxy groups -OCH3 is 1. The number of amides is 1. The summed E-state index contributed by atoms with van der Waals surface area (Å²) in [6.45, 7) is 4.27. The van der Waals surface area contributed by atoms with Crippen LogP contribution in [0.2, 0.25) is 0 Å². The zero-order valence-electron chi connectivity index (χ0n) is 18.9. The van der Waals surface area contributed by atoms with Gasteiger partial charge in [0.2, 0.25) is 5.91 Å². The molecule has 6 nitrogen and oxygen atoms in total. The van der Waals surface area contributed by atoms with E-state index in [2.05, 4.69) is 11.8 Å². The van der Waals surface area contributed by atoms with Gasteiger partial charge in [-0.2, -0.15) is 0 Å². The fraction of sp³-hybridized carbons (Fsp3) is 0.400. The van der Waals surface area contributed by atoms with Crippen molar-refractivity contribution in [1.29, 1.82) is 0 Å². The summed E-state index contributed by atoms with van der Waals surface area (Å²) in [5.74, 6) is -0.118. The Morgan fingerprint density at radius 1 is 1.27 bits per heavy atom. The number of carbonyl (C=O) groups excluding carboxylic acids is 1. The quantitative estimate of drug-likeness (QED) is 0.482. The second-order valence-corrected chi connectivity index (χ2v) is 8.17. The number of halogens is 2. The molecule has 1 aliphatic heterocycles. The van der Waals surface area contributed by atoms with Crippen molar-refractivity contribution in [3.63, 3.8) is 0 Å². The first kappa shape index (κ1) is 24.9. The number of primary amides is 1. The van der Waals surface area contributed by atoms with Crippen molar-refractivity contribution in [3.05, 3.63) is 59.1 Å². The third kappa shape index (κ3) is 5.09. The van der Waals surface area contributed by atoms with Gasteiger partial charge in [-0.1, -0.05) is 19.1 Å². The summed E-state index contributed by atoms with van der Waals surface area (Å²) >= 11 is 0. The molecule has 1 aromatic heterocycles. The van der Waals surface area contributed by atoms with Crippen LogP contribution in [0.25, 0.3) is 11.0 Å². The Balaban J connectivity index is 0.00000306. The Morgan fingerprint density at radius 2 is 2.09 bits per heavy atom. The minimum atomic E-state index is -0.560. The van der Waals surface area contributed by atoms with E-state index in [9.17, 15) is 9.18 Å². The largest absolute Gasteiger partial charge is 0.493 e. The van der Waals surface area contributed by atoms with Crippen molar-refractivity contribution in [3.8, 4) is 11.5 Å². The van der Waals surface area contributed by atoms with Crippen LogP contribution in [0.15, 0.2) is 41.0 Å². The average Bonchev–Trinajstić information content (AvgIpc) is 3.21. The Hall–Kier alpha value is -2.77. The Labute approximate surface area is 199 Å². The van der Waals surface area contributed by atoms with E-state index in [1.54, 1.807) is 13.4 Å². The van der Waals surface area contributed by atoms with Crippen LogP contribution >= 0.6 is 12.4 Å². The summed E-state index contributed by atoms with van der Waals surface area (Å²) < 4.78 is 31.1. The van der Waals surface area contributed by atoms with E-state index in [1.165, 1.54) is 12.1 Å². The van der Waals surface area contributed by atoms with Crippen molar-refractivity contribution in [2.75, 3.05) is 26.8 Å². The molecule has 33 heavy (non-hydrogen) atoms. The van der Waals surface area contributed by atoms with Gasteiger partial charge in [0.1, 0.15) is 6.61 Å². The van der Waals surface area contributed by atoms with Gasteiger partial charge in [0, 0.05) is 22.6 Å². The summed E-state index contributed by atoms with van der Waals surface area (Å²) in [6.07, 6.45) is 5.13. The standard InChI is InChI=1S/C25H29FN2O4.ClH/c1-3-11-28(12-5-6-16-14-31-24-18(16)7-4-8-22(24)30-2)17-13-20-19(25(27)29)9-10-21(26)23(20)32-15-17;/h4,7-10,14,17H,3,5-6,11-13,15H2,1-2H3,(H2,27,29);1H. The van der Waals surface area contributed by atoms with Gasteiger partial charge < -0.3 is 19.6 Å². The van der Waals surface area contributed by atoms with Crippen LogP contribution in [-0.2, 0) is 12.8 Å². The highest BCUT2D eigenvalue weighted by Crippen LogP contribution is 2.33. The maximum Gasteiger partial charge on any atom is 0.249 e. The fourth-order valence-corrected chi connectivity index (χ4v) is 4.57. The topological polar surface area (TPSA) is 77.9 Å². The monoisotopic (exact) mass is 476 g/mol. The molecule has 0 radical (unpaired) electrons. The maximum atomic E-state index is 14.2. The molecule has 2 heterocycles. The Bertz CT molecular complexity index is 1120. The lowest BCUT2D eigenvalue weighted by molar-refractivity contribution is 0.0984. The summed E-state index contributed by atoms with van der Waals surface area (Å²) in [7, 11) is 1.64. The molecule has 0 bridgehead atoms. The van der Waals surface area contributed by atoms with Crippen LogP contribution in [0, 0.1) is 5.82 Å². The fourth-order valence-electron chi connectivity index (χ4n) is 4.57. The number of hydrogen-bond acceptors (Lipinski definition) is 5. The average molecular weight is 477 g/mol. The molecule has 178 valence electrons. The third-order valence-corrected chi connectivity index (χ3v) is 6.12. The number of nitrogens with zero attached hydrogens (tertiary/aromatic N) is 1. The number of furan rings is 1. The second kappa shape index (κ2) is 10.9. The SMILES string of the molecule is CCCN(CCCc1coc2c(OC)cccc12)C1COc2c(F)ccc(C(N)=O)c2C1.Cl. The number of fused-ring (bicyclic) bond motifs is 2. The maximum absolute atomic E-state index is 14.2. The van der Waals surface area contributed by atoms with E-state index in [4.69, 9.17) is 19.6 Å². The number of nitrogens with two attached hydrogens (primary N) is 1. The minimum absolute atomic E-state index is 0. The molecule has 2 aromatic carbocycles. The zero-order valence-corrected chi connectivity index (χ0v) is 19.8. The van der Waals surface area contributed by atoms with Gasteiger partial charge in [-0.15, -0.1) is 12.4 Å². The number of para-hydroxylation sites is 1. The van der Waals surface area contributed by atoms with Gasteiger partial charge in [0.25, 0.3) is 0 Å². The highest BCUT2D eigenvalue weighted by atomic mass is 35.5. The number of carbonyl (C=O) groups is 1. The Morgan fingerprint density at radius 3 is 2.82 bits per heavy atom. The summed E-state index contributed by atoms with van der Waals surface area (Å²) in [6, 6.07) is 8.66. The molecule has 4 rings (SSSR count). The van der Waals surface area contributed by atoms with E-state index >= 15 is 0 Å². The van der Waals surface area contributed by atoms with Crippen LogP contribution in [0.1, 0.15) is 41.3 Å². The molecule has 0 saturated heterocycles. The predicted molar refractivity (Wildman–Crippen MR) is 128 cm³/mol. The molecular weight excluding hydrogens is 447 g/mol. The number of hydrogen-bond donors (Lipinski definition) is 1. The lowest BCUT2D eigenvalue weighted by Crippen LogP contribution is -2.44. The van der Waals surface area contributed by atoms with Gasteiger partial charge in [-0.05, 0) is 62.5 Å². The van der Waals surface area contributed by atoms with Gasteiger partial charge in [0.05, 0.1) is 13.4 Å². The van der Waals surface area contributed by atoms with Crippen LogP contribution in [0.4, 0.5) is 4.39 Å². The van der Waals surface area contributed by atoms with E-state index in [1.807, 2.05) is 18.2 Å². The predicted octanol–water partition coefficient (Wildman–Crippen LogP) is 4.75. The van der Waals surface area contributed by atoms with Crippen molar-refractivity contribution >= 4 is 29.3 Å². The third-order valence-electron chi connectivity index (χ3n) is 6.12. The lowest BCUT2D eigenvalue weighted by atomic mass is 9.95. The first-order chi connectivity index (χ1) is 15.5. The second-order valence-electron chi connectivity index (χ2n) is 8.17. The summed E-state index contributed by atoms with van der Waals surface area (Å²) in [4.78, 5) is 14.2. The van der Waals surface area contributed by atoms with Crippen LogP contribution in [0.5, 0.6) is 11.5 Å². The smallest absolute Gasteiger partial charge is 0.249 e. The van der Waals surface area contributed by atoms with E-state index in [0.717, 1.165) is 54.6 Å². The highest BCUT2D eigenvalue weighted by molar-refractivity contribution is 5.95. The normalized spacial score (nSPS) is 15.1. The summed E-state index contributed by atoms with van der Waals surface area (Å²) in [5.41, 5.74) is 8.35. The molecule has 3 aromatic rings. The number of rotatable bonds is 9. The molecule has 0 aliphatic carbocycles. The molecule has 0 saturated carbocycles. The van der Waals surface area contributed by atoms with Crippen molar-refractivity contribution in [1.82, 2.24) is 4.90 Å². The number of aryl methyl sites for hydroxylation is 1. The van der Waals surface area contributed by atoms with Crippen molar-refractivity contribution in [2.24, 2.45) is 5.73 Å². The number of benzene rings is 2. The molecule has 1 amide bonds. The van der Waals surface area contributed by atoms with Crippen LogP contribution in [-0.4, -0.2) is 43.7 Å². The van der Waals surface area contributed by atoms with E-state index < -0.39 is 11.7 Å². The Kier molecular flexibility index (Phi) is 8.21. The number of ether oxygens (including phenoxy) is 2. The molecular formula is C25H30ClFN2O4. The van der Waals surface area contributed by atoms with Crippen molar-refractivity contribution < 1.29 is 23.1 Å². The van der Waals surface area contributed by atoms with Gasteiger partial charge in [-0.25, -0.2) is 4.39 Å². The molecule has 8 heteroatoms. The lowest BCUT2D eigenvalue weighted by Gasteiger charge is -2.35. The molecule has 0 fully saturated rings. The van der Waals surface area contributed by atoms with E-state index in [-0.39, 0.29) is 24.2 Å². The van der Waals surface area contributed by atoms with Crippen LogP contribution in [0.3, 0.4) is 0 Å². The highest BCUT2D eigenvalue weighted by Gasteiger charge is 2.30. The zero-order chi connectivity index (χ0) is 22.7. The van der Waals surface area contributed by atoms with Crippen LogP contribution < -0.4 is 15.2 Å². The molecule has 0 spiro atoms. The molecule has 1 unspecified atom stereocenters. The van der Waals surface area contributed by atoms with Gasteiger partial charge in [-0.3, -0.25) is 9.69 Å². The minimum Gasteiger partial charge on any atom is -0.493 e. The molecule has 1 atom stereocenters. The van der Waals surface area contributed by atoms with Gasteiger partial charge in [0.15, 0.2) is 22.9 Å². The first-order valence-electron chi connectivity index (χ1n) is 11.0. The summed E-state index contributed by atoms with van der Waals surface area (Å²) in [5, 5.41) is 1.07. The van der Waals surface area contributed by atoms with Crippen molar-refractivity contribution in [2.45, 2.75) is 38.6 Å². The molecule has 2 N–H and O–H groups in total.